The van der Waals surface area contributed by atoms with Gasteiger partial charge in [-0.3, -0.25) is 0 Å². The molecule has 2 aromatic rings. The van der Waals surface area contributed by atoms with E-state index in [1.165, 1.54) is 39.2 Å². The molecule has 25 heavy (non-hydrogen) atoms. The van der Waals surface area contributed by atoms with Crippen molar-refractivity contribution in [2.24, 2.45) is 0 Å². The number of hydrogen-bond acceptors (Lipinski definition) is 4. The highest BCUT2D eigenvalue weighted by Crippen LogP contribution is 2.30. The van der Waals surface area contributed by atoms with Gasteiger partial charge in [0.1, 0.15) is 4.70 Å². The van der Waals surface area contributed by atoms with Crippen molar-refractivity contribution in [1.82, 2.24) is 5.32 Å². The van der Waals surface area contributed by atoms with Crippen molar-refractivity contribution in [2.45, 2.75) is 44.7 Å². The molecule has 1 aromatic heterocycles. The van der Waals surface area contributed by atoms with E-state index in [0.29, 0.717) is 16.1 Å². The lowest BCUT2D eigenvalue weighted by Crippen LogP contribution is -2.39. The van der Waals surface area contributed by atoms with Crippen molar-refractivity contribution >= 4 is 56.8 Å². The van der Waals surface area contributed by atoms with Gasteiger partial charge < -0.3 is 10.1 Å². The molecule has 0 radical (unpaired) electrons. The van der Waals surface area contributed by atoms with Crippen LogP contribution in [0.2, 0.25) is 10.0 Å². The zero-order valence-electron chi connectivity index (χ0n) is 14.1. The first-order valence-electron chi connectivity index (χ1n) is 8.39. The highest BCUT2D eigenvalue weighted by Gasteiger charge is 2.23. The van der Waals surface area contributed by atoms with Gasteiger partial charge in [-0.25, -0.2) is 4.79 Å². The Morgan fingerprint density at radius 2 is 2.04 bits per heavy atom. The van der Waals surface area contributed by atoms with E-state index in [1.54, 1.807) is 17.4 Å². The standard InChI is InChI=1S/C18H20Cl2N2O2S/c1-24-18(23)11-22-15-9-13(19)14(20)10-16(15)25-17(22)7-8-21-12-5-3-2-4-6-12/h7-10,12H,2-6,11H2,1H3/p+1. The molecule has 0 atom stereocenters. The summed E-state index contributed by atoms with van der Waals surface area (Å²) in [7, 11) is 1.39. The van der Waals surface area contributed by atoms with E-state index >= 15 is 0 Å². The van der Waals surface area contributed by atoms with E-state index in [4.69, 9.17) is 27.9 Å². The maximum atomic E-state index is 11.8. The van der Waals surface area contributed by atoms with Gasteiger partial charge in [0.25, 0.3) is 5.01 Å². The zero-order chi connectivity index (χ0) is 17.8. The van der Waals surface area contributed by atoms with Gasteiger partial charge in [0, 0.05) is 24.4 Å². The van der Waals surface area contributed by atoms with Crippen LogP contribution >= 0.6 is 34.5 Å². The molecule has 4 nitrogen and oxygen atoms in total. The topological polar surface area (TPSA) is 42.2 Å². The summed E-state index contributed by atoms with van der Waals surface area (Å²) in [6.07, 6.45) is 10.3. The molecule has 0 unspecified atom stereocenters. The van der Waals surface area contributed by atoms with Crippen molar-refractivity contribution in [1.29, 1.82) is 0 Å². The Hall–Kier alpha value is -1.30. The lowest BCUT2D eigenvalue weighted by atomic mass is 9.96. The van der Waals surface area contributed by atoms with Gasteiger partial charge in [0.15, 0.2) is 0 Å². The quantitative estimate of drug-likeness (QED) is 0.591. The average molecular weight is 400 g/mol. The number of methoxy groups -OCH3 is 1. The molecule has 0 spiro atoms. The van der Waals surface area contributed by atoms with Gasteiger partial charge in [-0.15, -0.1) is 0 Å². The van der Waals surface area contributed by atoms with Crippen LogP contribution in [-0.2, 0) is 16.1 Å². The van der Waals surface area contributed by atoms with E-state index in [1.807, 2.05) is 22.9 Å². The van der Waals surface area contributed by atoms with Crippen LogP contribution in [0.3, 0.4) is 0 Å². The first-order valence-corrected chi connectivity index (χ1v) is 9.96. The second kappa shape index (κ2) is 8.39. The molecule has 1 saturated carbocycles. The SMILES string of the molecule is COC(=O)C[n+]1c(/C=C/NC2CCCCC2)sc2cc(Cl)c(Cl)cc21. The molecule has 1 aliphatic carbocycles. The molecule has 0 bridgehead atoms. The predicted molar refractivity (Wildman–Crippen MR) is 103 cm³/mol. The van der Waals surface area contributed by atoms with E-state index in [-0.39, 0.29) is 12.5 Å². The van der Waals surface area contributed by atoms with Crippen molar-refractivity contribution in [2.75, 3.05) is 7.11 Å². The number of carbonyl (C=O) groups excluding carboxylic acids is 1. The highest BCUT2D eigenvalue weighted by atomic mass is 35.5. The van der Waals surface area contributed by atoms with Crippen LogP contribution in [0.4, 0.5) is 0 Å². The minimum absolute atomic E-state index is 0.136. The maximum absolute atomic E-state index is 11.8. The molecular formula is C18H21Cl2N2O2S+. The second-order valence-electron chi connectivity index (χ2n) is 6.17. The number of halogens is 2. The van der Waals surface area contributed by atoms with Crippen LogP contribution in [0.5, 0.6) is 0 Å². The number of carbonyl (C=O) groups is 1. The Labute approximate surface area is 161 Å². The number of thiazole rings is 1. The number of esters is 1. The molecule has 0 aliphatic heterocycles. The van der Waals surface area contributed by atoms with Gasteiger partial charge >= 0.3 is 5.97 Å². The number of benzene rings is 1. The summed E-state index contributed by atoms with van der Waals surface area (Å²) < 4.78 is 7.72. The molecule has 1 N–H and O–H groups in total. The summed E-state index contributed by atoms with van der Waals surface area (Å²) in [5, 5.41) is 5.41. The van der Waals surface area contributed by atoms with Crippen LogP contribution < -0.4 is 9.88 Å². The Morgan fingerprint density at radius 1 is 1.32 bits per heavy atom. The van der Waals surface area contributed by atoms with Gasteiger partial charge in [0.05, 0.1) is 17.2 Å². The number of nitrogens with one attached hydrogen (secondary N) is 1. The third kappa shape index (κ3) is 4.46. The third-order valence-electron chi connectivity index (χ3n) is 4.45. The number of hydrogen-bond donors (Lipinski definition) is 1. The fourth-order valence-electron chi connectivity index (χ4n) is 3.10. The minimum Gasteiger partial charge on any atom is -0.464 e. The fraction of sp³-hybridized carbons (Fsp3) is 0.444. The summed E-state index contributed by atoms with van der Waals surface area (Å²) in [6, 6.07) is 4.17. The molecule has 3 rings (SSSR count). The molecule has 7 heteroatoms. The average Bonchev–Trinajstić information content (AvgIpc) is 2.93. The minimum atomic E-state index is -0.300. The van der Waals surface area contributed by atoms with Gasteiger partial charge in [-0.2, -0.15) is 4.57 Å². The van der Waals surface area contributed by atoms with Crippen LogP contribution in [-0.4, -0.2) is 19.1 Å². The van der Waals surface area contributed by atoms with Crippen LogP contribution in [0, 0.1) is 0 Å². The van der Waals surface area contributed by atoms with Crippen molar-refractivity contribution in [3.05, 3.63) is 33.4 Å². The molecule has 0 amide bonds. The van der Waals surface area contributed by atoms with Crippen LogP contribution in [0.1, 0.15) is 37.1 Å². The third-order valence-corrected chi connectivity index (χ3v) is 6.29. The summed E-state index contributed by atoms with van der Waals surface area (Å²) in [6.45, 7) is 0.136. The Kier molecular flexibility index (Phi) is 6.20. The zero-order valence-corrected chi connectivity index (χ0v) is 16.4. The van der Waals surface area contributed by atoms with Gasteiger partial charge in [0.2, 0.25) is 12.1 Å². The number of aromatic nitrogens is 1. The second-order valence-corrected chi connectivity index (χ2v) is 8.05. The van der Waals surface area contributed by atoms with Gasteiger partial charge in [-0.1, -0.05) is 53.8 Å². The predicted octanol–water partition coefficient (Wildman–Crippen LogP) is 4.56. The number of rotatable bonds is 5. The van der Waals surface area contributed by atoms with E-state index in [9.17, 15) is 4.79 Å². The summed E-state index contributed by atoms with van der Waals surface area (Å²) in [5.74, 6) is -0.300. The number of nitrogens with zero attached hydrogens (tertiary/aromatic N) is 1. The van der Waals surface area contributed by atoms with Crippen molar-refractivity contribution in [3.63, 3.8) is 0 Å². The summed E-state index contributed by atoms with van der Waals surface area (Å²) in [5.41, 5.74) is 0.877. The van der Waals surface area contributed by atoms with Crippen LogP contribution in [0.25, 0.3) is 16.3 Å². The van der Waals surface area contributed by atoms with E-state index < -0.39 is 0 Å². The molecule has 0 saturated heterocycles. The van der Waals surface area contributed by atoms with E-state index in [0.717, 1.165) is 15.2 Å². The maximum Gasteiger partial charge on any atom is 0.372 e. The lowest BCUT2D eigenvalue weighted by molar-refractivity contribution is -0.657. The molecule has 1 heterocycles. The van der Waals surface area contributed by atoms with Crippen molar-refractivity contribution in [3.8, 4) is 0 Å². The fourth-order valence-corrected chi connectivity index (χ4v) is 4.57. The molecule has 1 aromatic carbocycles. The lowest BCUT2D eigenvalue weighted by Gasteiger charge is -2.21. The molecule has 1 fully saturated rings. The normalized spacial score (nSPS) is 15.8. The van der Waals surface area contributed by atoms with E-state index in [2.05, 4.69) is 5.32 Å². The Balaban J connectivity index is 1.89. The van der Waals surface area contributed by atoms with Crippen molar-refractivity contribution < 1.29 is 14.1 Å². The first-order chi connectivity index (χ1) is 12.1. The largest absolute Gasteiger partial charge is 0.464 e. The molecule has 134 valence electrons. The smallest absolute Gasteiger partial charge is 0.372 e. The van der Waals surface area contributed by atoms with Crippen LogP contribution in [0.15, 0.2) is 18.3 Å². The van der Waals surface area contributed by atoms with Gasteiger partial charge in [-0.05, 0) is 18.9 Å². The summed E-state index contributed by atoms with van der Waals surface area (Å²) in [4.78, 5) is 11.8. The molecular weight excluding hydrogens is 379 g/mol. The number of ether oxygens (including phenoxy) is 1. The number of fused-ring (bicyclic) bond motifs is 1. The highest BCUT2D eigenvalue weighted by molar-refractivity contribution is 7.18. The Morgan fingerprint density at radius 3 is 2.76 bits per heavy atom. The monoisotopic (exact) mass is 399 g/mol. The first kappa shape index (κ1) is 18.5. The molecule has 1 aliphatic rings. The Bertz CT molecular complexity index is 798. The summed E-state index contributed by atoms with van der Waals surface area (Å²) >= 11 is 13.9.